The van der Waals surface area contributed by atoms with E-state index in [4.69, 9.17) is 14.2 Å². The minimum Gasteiger partial charge on any atom is -0.490 e. The number of likely N-dealkylation sites (N-methyl/N-ethyl adjacent to an activating group) is 1. The molecule has 5 rings (SSSR count). The van der Waals surface area contributed by atoms with Crippen LogP contribution >= 0.6 is 0 Å². The molecule has 1 fully saturated rings. The Morgan fingerprint density at radius 2 is 1.63 bits per heavy atom. The molecule has 0 aliphatic carbocycles. The molecule has 0 unspecified atom stereocenters. The van der Waals surface area contributed by atoms with Gasteiger partial charge in [0.05, 0.1) is 49.9 Å². The van der Waals surface area contributed by atoms with Crippen molar-refractivity contribution in [2.24, 2.45) is 0 Å². The average molecular weight is 557 g/mol. The molecule has 0 aromatic heterocycles. The van der Waals surface area contributed by atoms with Crippen molar-refractivity contribution in [2.45, 2.75) is 13.8 Å². The third-order valence-electron chi connectivity index (χ3n) is 7.10. The van der Waals surface area contributed by atoms with Crippen molar-refractivity contribution >= 4 is 40.1 Å². The molecule has 3 aromatic rings. The summed E-state index contributed by atoms with van der Waals surface area (Å²) in [5.41, 5.74) is 5.01. The molecule has 2 aliphatic rings. The molecule has 0 spiro atoms. The van der Waals surface area contributed by atoms with E-state index in [1.165, 1.54) is 0 Å². The summed E-state index contributed by atoms with van der Waals surface area (Å²) in [6.45, 7) is 7.96. The molecule has 41 heavy (non-hydrogen) atoms. The number of nitrogens with zero attached hydrogens (tertiary/aromatic N) is 2. The predicted molar refractivity (Wildman–Crippen MR) is 161 cm³/mol. The Kier molecular flexibility index (Phi) is 8.86. The van der Waals surface area contributed by atoms with E-state index in [2.05, 4.69) is 15.5 Å². The van der Waals surface area contributed by atoms with Crippen molar-refractivity contribution in [3.05, 3.63) is 77.9 Å². The standard InChI is InChI=1S/C32H36N4O5/c1-4-40-27-19-25-26(20-28(27)41-5-2)34-32(38)30(25)31(22-9-7-6-8-10-22)33-23-11-13-24(14-12-23)35(3)29(37)21-36-15-17-39-18-16-36/h6-14,19-20,33H,4-5,15-18,21H2,1-3H3,(H,34,38). The van der Waals surface area contributed by atoms with E-state index >= 15 is 0 Å². The smallest absolute Gasteiger partial charge is 0.258 e. The van der Waals surface area contributed by atoms with Crippen molar-refractivity contribution in [3.63, 3.8) is 0 Å². The van der Waals surface area contributed by atoms with Crippen LogP contribution in [0.1, 0.15) is 25.0 Å². The van der Waals surface area contributed by atoms with E-state index < -0.39 is 0 Å². The number of carbonyl (C=O) groups is 2. The normalized spacial score (nSPS) is 16.0. The maximum atomic E-state index is 13.4. The highest BCUT2D eigenvalue weighted by Crippen LogP contribution is 2.43. The second-order valence-corrected chi connectivity index (χ2v) is 9.79. The minimum atomic E-state index is -0.215. The van der Waals surface area contributed by atoms with Crippen LogP contribution in [0.25, 0.3) is 11.3 Å². The zero-order chi connectivity index (χ0) is 28.8. The lowest BCUT2D eigenvalue weighted by molar-refractivity contribution is -0.120. The van der Waals surface area contributed by atoms with Gasteiger partial charge in [0.1, 0.15) is 0 Å². The Hall–Kier alpha value is -4.34. The summed E-state index contributed by atoms with van der Waals surface area (Å²) in [6, 6.07) is 21.0. The summed E-state index contributed by atoms with van der Waals surface area (Å²) in [5, 5.41) is 6.48. The number of morpholine rings is 1. The summed E-state index contributed by atoms with van der Waals surface area (Å²) in [7, 11) is 1.79. The molecular formula is C32H36N4O5. The lowest BCUT2D eigenvalue weighted by Crippen LogP contribution is -2.43. The lowest BCUT2D eigenvalue weighted by Gasteiger charge is -2.28. The predicted octanol–water partition coefficient (Wildman–Crippen LogP) is 4.71. The molecule has 214 valence electrons. The minimum absolute atomic E-state index is 0.0236. The fraction of sp³-hybridized carbons (Fsp3) is 0.312. The van der Waals surface area contributed by atoms with Gasteiger partial charge in [0, 0.05) is 43.1 Å². The van der Waals surface area contributed by atoms with Gasteiger partial charge in [-0.25, -0.2) is 0 Å². The summed E-state index contributed by atoms with van der Waals surface area (Å²) in [6.07, 6.45) is 0. The summed E-state index contributed by atoms with van der Waals surface area (Å²) < 4.78 is 17.0. The van der Waals surface area contributed by atoms with E-state index in [-0.39, 0.29) is 11.8 Å². The molecule has 9 heteroatoms. The highest BCUT2D eigenvalue weighted by Gasteiger charge is 2.30. The quantitative estimate of drug-likeness (QED) is 0.350. The van der Waals surface area contributed by atoms with Crippen LogP contribution in [-0.4, -0.2) is 69.8 Å². The van der Waals surface area contributed by atoms with Gasteiger partial charge in [0.2, 0.25) is 5.91 Å². The Bertz CT molecular complexity index is 1420. The number of anilines is 3. The number of amides is 2. The van der Waals surface area contributed by atoms with Crippen LogP contribution in [0.3, 0.4) is 0 Å². The van der Waals surface area contributed by atoms with E-state index in [0.29, 0.717) is 61.4 Å². The zero-order valence-corrected chi connectivity index (χ0v) is 23.7. The van der Waals surface area contributed by atoms with Crippen molar-refractivity contribution in [3.8, 4) is 11.5 Å². The molecule has 1 saturated heterocycles. The van der Waals surface area contributed by atoms with Crippen LogP contribution < -0.4 is 25.0 Å². The number of fused-ring (bicyclic) bond motifs is 1. The molecule has 3 aromatic carbocycles. The number of nitrogens with one attached hydrogen (secondary N) is 2. The fourth-order valence-electron chi connectivity index (χ4n) is 4.96. The first-order valence-electron chi connectivity index (χ1n) is 14.0. The molecule has 2 heterocycles. The maximum absolute atomic E-state index is 13.4. The second kappa shape index (κ2) is 12.9. The van der Waals surface area contributed by atoms with Crippen LogP contribution in [0.5, 0.6) is 11.5 Å². The van der Waals surface area contributed by atoms with E-state index in [9.17, 15) is 9.59 Å². The Morgan fingerprint density at radius 1 is 0.976 bits per heavy atom. The van der Waals surface area contributed by atoms with Crippen LogP contribution in [0.4, 0.5) is 17.1 Å². The molecule has 0 bridgehead atoms. The van der Waals surface area contributed by atoms with Crippen molar-refractivity contribution in [2.75, 3.05) is 68.6 Å². The van der Waals surface area contributed by atoms with Crippen molar-refractivity contribution < 1.29 is 23.8 Å². The fourth-order valence-corrected chi connectivity index (χ4v) is 4.96. The maximum Gasteiger partial charge on any atom is 0.258 e. The molecule has 0 saturated carbocycles. The van der Waals surface area contributed by atoms with Gasteiger partial charge in [-0.05, 0) is 49.7 Å². The highest BCUT2D eigenvalue weighted by molar-refractivity contribution is 6.37. The molecule has 0 atom stereocenters. The molecule has 9 nitrogen and oxygen atoms in total. The zero-order valence-electron chi connectivity index (χ0n) is 23.7. The Balaban J connectivity index is 1.45. The summed E-state index contributed by atoms with van der Waals surface area (Å²) >= 11 is 0. The van der Waals surface area contributed by atoms with Crippen LogP contribution in [-0.2, 0) is 14.3 Å². The van der Waals surface area contributed by atoms with E-state index in [1.54, 1.807) is 11.9 Å². The number of rotatable bonds is 10. The van der Waals surface area contributed by atoms with Crippen molar-refractivity contribution in [1.82, 2.24) is 4.90 Å². The van der Waals surface area contributed by atoms with Crippen LogP contribution in [0.15, 0.2) is 66.7 Å². The van der Waals surface area contributed by atoms with Gasteiger partial charge in [0.15, 0.2) is 11.5 Å². The third-order valence-corrected chi connectivity index (χ3v) is 7.10. The van der Waals surface area contributed by atoms with Gasteiger partial charge in [-0.15, -0.1) is 0 Å². The van der Waals surface area contributed by atoms with Gasteiger partial charge in [0.25, 0.3) is 5.91 Å². The Morgan fingerprint density at radius 3 is 2.29 bits per heavy atom. The van der Waals surface area contributed by atoms with Gasteiger partial charge in [-0.2, -0.15) is 0 Å². The molecule has 2 N–H and O–H groups in total. The molecule has 2 amide bonds. The van der Waals surface area contributed by atoms with Gasteiger partial charge in [-0.1, -0.05) is 30.3 Å². The first-order chi connectivity index (χ1) is 20.0. The topological polar surface area (TPSA) is 92.4 Å². The molecule has 2 aliphatic heterocycles. The number of benzene rings is 3. The summed E-state index contributed by atoms with van der Waals surface area (Å²) in [4.78, 5) is 30.1. The SMILES string of the molecule is CCOc1cc2c(cc1OCC)C(=C(Nc1ccc(N(C)C(=O)CN3CCOCC3)cc1)c1ccccc1)C(=O)N2. The van der Waals surface area contributed by atoms with Crippen LogP contribution in [0.2, 0.25) is 0 Å². The number of ether oxygens (including phenoxy) is 3. The number of carbonyl (C=O) groups excluding carboxylic acids is 2. The molecule has 0 radical (unpaired) electrons. The Labute approximate surface area is 240 Å². The van der Waals surface area contributed by atoms with E-state index in [1.807, 2.05) is 80.6 Å². The first-order valence-corrected chi connectivity index (χ1v) is 14.0. The van der Waals surface area contributed by atoms with Gasteiger partial charge < -0.3 is 29.7 Å². The van der Waals surface area contributed by atoms with Crippen molar-refractivity contribution in [1.29, 1.82) is 0 Å². The first kappa shape index (κ1) is 28.2. The van der Waals surface area contributed by atoms with Crippen LogP contribution in [0, 0.1) is 0 Å². The number of hydrogen-bond donors (Lipinski definition) is 2. The highest BCUT2D eigenvalue weighted by atomic mass is 16.5. The average Bonchev–Trinajstić information content (AvgIpc) is 3.31. The van der Waals surface area contributed by atoms with E-state index in [0.717, 1.165) is 35.6 Å². The van der Waals surface area contributed by atoms with Gasteiger partial charge in [-0.3, -0.25) is 14.5 Å². The summed E-state index contributed by atoms with van der Waals surface area (Å²) in [5.74, 6) is 0.985. The largest absolute Gasteiger partial charge is 0.490 e. The second-order valence-electron chi connectivity index (χ2n) is 9.79. The lowest BCUT2D eigenvalue weighted by atomic mass is 9.99. The molecular weight excluding hydrogens is 520 g/mol. The monoisotopic (exact) mass is 556 g/mol. The number of hydrogen-bond acceptors (Lipinski definition) is 7. The third kappa shape index (κ3) is 6.37. The van der Waals surface area contributed by atoms with Gasteiger partial charge >= 0.3 is 0 Å².